The summed E-state index contributed by atoms with van der Waals surface area (Å²) in [6.07, 6.45) is 0.367. The zero-order valence-electron chi connectivity index (χ0n) is 10.8. The van der Waals surface area contributed by atoms with Crippen LogP contribution in [0.2, 0.25) is 0 Å². The van der Waals surface area contributed by atoms with Gasteiger partial charge >= 0.3 is 0 Å². The van der Waals surface area contributed by atoms with E-state index in [0.29, 0.717) is 24.5 Å². The highest BCUT2D eigenvalue weighted by Crippen LogP contribution is 2.28. The van der Waals surface area contributed by atoms with Crippen LogP contribution in [0.4, 0.5) is 0 Å². The van der Waals surface area contributed by atoms with Crippen LogP contribution < -0.4 is 9.47 Å². The molecule has 0 atom stereocenters. The normalized spacial score (nSPS) is 9.68. The Bertz CT molecular complexity index is 573. The fourth-order valence-electron chi connectivity index (χ4n) is 1.77. The standard InChI is InChI=1S/C16H15NO2/c1-18-15-8-7-13(9-10-17)11-16(15)19-12-14-5-3-2-4-6-14/h2-8,11H,9,12H2,1H3/i10+2. The zero-order chi connectivity index (χ0) is 13.5. The maximum Gasteiger partial charge on any atom is 0.161 e. The second-order valence-electron chi connectivity index (χ2n) is 4.09. The van der Waals surface area contributed by atoms with Crippen molar-refractivity contribution in [3.05, 3.63) is 59.7 Å². The Morgan fingerprint density at radius 3 is 2.47 bits per heavy atom. The first-order chi connectivity index (χ1) is 9.33. The lowest BCUT2D eigenvalue weighted by Crippen LogP contribution is -1.98. The van der Waals surface area contributed by atoms with Crippen LogP contribution in [0.5, 0.6) is 11.5 Å². The van der Waals surface area contributed by atoms with Gasteiger partial charge < -0.3 is 9.47 Å². The molecule has 0 saturated carbocycles. The van der Waals surface area contributed by atoms with Gasteiger partial charge in [0.15, 0.2) is 11.5 Å². The maximum absolute atomic E-state index is 8.72. The third-order valence-electron chi connectivity index (χ3n) is 2.75. The van der Waals surface area contributed by atoms with Crippen LogP contribution in [0.3, 0.4) is 0 Å². The van der Waals surface area contributed by atoms with E-state index in [2.05, 4.69) is 6.07 Å². The molecule has 2 aromatic carbocycles. The quantitative estimate of drug-likeness (QED) is 0.822. The van der Waals surface area contributed by atoms with Gasteiger partial charge in [-0.25, -0.2) is 0 Å². The zero-order valence-corrected chi connectivity index (χ0v) is 10.8. The van der Waals surface area contributed by atoms with Gasteiger partial charge in [0.2, 0.25) is 0 Å². The van der Waals surface area contributed by atoms with Gasteiger partial charge in [-0.3, -0.25) is 0 Å². The summed E-state index contributed by atoms with van der Waals surface area (Å²) in [6.45, 7) is 0.479. The number of rotatable bonds is 5. The van der Waals surface area contributed by atoms with Crippen LogP contribution in [-0.4, -0.2) is 7.11 Å². The molecule has 3 heteroatoms. The Hall–Kier alpha value is -2.47. The number of nitriles is 1. The van der Waals surface area contributed by atoms with Crippen molar-refractivity contribution >= 4 is 0 Å². The van der Waals surface area contributed by atoms with E-state index < -0.39 is 0 Å². The van der Waals surface area contributed by atoms with Crippen molar-refractivity contribution in [3.8, 4) is 17.6 Å². The average molecular weight is 255 g/mol. The van der Waals surface area contributed by atoms with Crippen LogP contribution in [0.25, 0.3) is 0 Å². The molecule has 96 valence electrons. The first kappa shape index (κ1) is 13.0. The van der Waals surface area contributed by atoms with Crippen molar-refractivity contribution in [2.45, 2.75) is 13.0 Å². The molecule has 0 bridgehead atoms. The predicted octanol–water partition coefficient (Wildman–Crippen LogP) is 3.34. The van der Waals surface area contributed by atoms with Gasteiger partial charge in [0.05, 0.1) is 19.6 Å². The van der Waals surface area contributed by atoms with Gasteiger partial charge in [-0.1, -0.05) is 36.4 Å². The van der Waals surface area contributed by atoms with Crippen molar-refractivity contribution in [2.24, 2.45) is 0 Å². The second kappa shape index (κ2) is 6.46. The molecular formula is C16H15NO2. The largest absolute Gasteiger partial charge is 0.493 e. The molecular weight excluding hydrogens is 240 g/mol. The van der Waals surface area contributed by atoms with Crippen LogP contribution >= 0.6 is 0 Å². The molecule has 0 amide bonds. The molecule has 3 nitrogen and oxygen atoms in total. The Kier molecular flexibility index (Phi) is 4.41. The fraction of sp³-hybridized carbons (Fsp3) is 0.188. The number of ether oxygens (including phenoxy) is 2. The second-order valence-corrected chi connectivity index (χ2v) is 4.09. The van der Waals surface area contributed by atoms with E-state index >= 15 is 0 Å². The van der Waals surface area contributed by atoms with Gasteiger partial charge in [0.25, 0.3) is 0 Å². The van der Waals surface area contributed by atoms with Crippen molar-refractivity contribution in [2.75, 3.05) is 7.11 Å². The number of benzene rings is 2. The number of hydrogen-bond acceptors (Lipinski definition) is 3. The Balaban J connectivity index is 2.14. The average Bonchev–Trinajstić information content (AvgIpc) is 2.47. The highest BCUT2D eigenvalue weighted by atomic mass is 16.5. The predicted molar refractivity (Wildman–Crippen MR) is 73.1 cm³/mol. The molecule has 0 radical (unpaired) electrons. The van der Waals surface area contributed by atoms with Gasteiger partial charge in [0, 0.05) is 0 Å². The maximum atomic E-state index is 8.72. The lowest BCUT2D eigenvalue weighted by molar-refractivity contribution is 0.284. The molecule has 0 aliphatic rings. The molecule has 0 aliphatic carbocycles. The van der Waals surface area contributed by atoms with Gasteiger partial charge in [-0.05, 0) is 23.3 Å². The Morgan fingerprint density at radius 1 is 1.00 bits per heavy atom. The summed E-state index contributed by atoms with van der Waals surface area (Å²) in [4.78, 5) is 0. The molecule has 0 heterocycles. The summed E-state index contributed by atoms with van der Waals surface area (Å²) in [6, 6.07) is 17.6. The van der Waals surface area contributed by atoms with E-state index in [9.17, 15) is 0 Å². The van der Waals surface area contributed by atoms with Gasteiger partial charge in [0.1, 0.15) is 6.61 Å². The first-order valence-electron chi connectivity index (χ1n) is 6.04. The molecule has 0 spiro atoms. The molecule has 0 aliphatic heterocycles. The van der Waals surface area contributed by atoms with Crippen LogP contribution in [0.1, 0.15) is 11.1 Å². The summed E-state index contributed by atoms with van der Waals surface area (Å²) >= 11 is 0. The molecule has 0 aromatic heterocycles. The smallest absolute Gasteiger partial charge is 0.161 e. The summed E-state index contributed by atoms with van der Waals surface area (Å²) in [5.74, 6) is 1.34. The van der Waals surface area contributed by atoms with E-state index in [1.165, 1.54) is 0 Å². The highest BCUT2D eigenvalue weighted by molar-refractivity contribution is 5.43. The topological polar surface area (TPSA) is 42.2 Å². The highest BCUT2D eigenvalue weighted by Gasteiger charge is 2.06. The van der Waals surface area contributed by atoms with E-state index in [1.54, 1.807) is 7.11 Å². The SMILES string of the molecule is COc1ccc(C[14C]#N)cc1OCc1ccccc1. The van der Waals surface area contributed by atoms with Crippen molar-refractivity contribution in [1.29, 1.82) is 5.26 Å². The van der Waals surface area contributed by atoms with Crippen LogP contribution in [-0.2, 0) is 13.0 Å². The lowest BCUT2D eigenvalue weighted by Gasteiger charge is -2.11. The first-order valence-corrected chi connectivity index (χ1v) is 6.04. The van der Waals surface area contributed by atoms with Gasteiger partial charge in [-0.2, -0.15) is 5.26 Å². The van der Waals surface area contributed by atoms with Crippen molar-refractivity contribution in [3.63, 3.8) is 0 Å². The monoisotopic (exact) mass is 255 g/mol. The lowest BCUT2D eigenvalue weighted by atomic mass is 10.2. The molecule has 0 fully saturated rings. The van der Waals surface area contributed by atoms with Crippen molar-refractivity contribution < 1.29 is 9.47 Å². The molecule has 0 N–H and O–H groups in total. The van der Waals surface area contributed by atoms with E-state index in [0.717, 1.165) is 11.1 Å². The molecule has 2 rings (SSSR count). The fourth-order valence-corrected chi connectivity index (χ4v) is 1.77. The van der Waals surface area contributed by atoms with E-state index in [-0.39, 0.29) is 0 Å². The number of nitrogens with zero attached hydrogens (tertiary/aromatic N) is 1. The van der Waals surface area contributed by atoms with Crippen LogP contribution in [0, 0.1) is 11.3 Å². The number of hydrogen-bond donors (Lipinski definition) is 0. The summed E-state index contributed by atoms with van der Waals surface area (Å²) < 4.78 is 11.0. The summed E-state index contributed by atoms with van der Waals surface area (Å²) in [5, 5.41) is 8.72. The molecule has 0 unspecified atom stereocenters. The number of methoxy groups -OCH3 is 1. The van der Waals surface area contributed by atoms with Crippen molar-refractivity contribution in [1.82, 2.24) is 0 Å². The van der Waals surface area contributed by atoms with E-state index in [1.807, 2.05) is 48.5 Å². The third kappa shape index (κ3) is 3.49. The Morgan fingerprint density at radius 2 is 1.79 bits per heavy atom. The third-order valence-corrected chi connectivity index (χ3v) is 2.75. The summed E-state index contributed by atoms with van der Waals surface area (Å²) in [5.41, 5.74) is 2.02. The Labute approximate surface area is 113 Å². The molecule has 0 saturated heterocycles. The van der Waals surface area contributed by atoms with Gasteiger partial charge in [-0.15, -0.1) is 0 Å². The van der Waals surface area contributed by atoms with Crippen LogP contribution in [0.15, 0.2) is 48.5 Å². The molecule has 2 aromatic rings. The summed E-state index contributed by atoms with van der Waals surface area (Å²) in [7, 11) is 1.61. The minimum atomic E-state index is 0.367. The molecule has 19 heavy (non-hydrogen) atoms. The van der Waals surface area contributed by atoms with E-state index in [4.69, 9.17) is 14.7 Å². The minimum Gasteiger partial charge on any atom is -0.493 e. The minimum absolute atomic E-state index is 0.367.